The minimum atomic E-state index is 0.0220. The van der Waals surface area contributed by atoms with Gasteiger partial charge in [0.2, 0.25) is 5.91 Å². The number of aromatic nitrogens is 2. The molecule has 0 radical (unpaired) electrons. The van der Waals surface area contributed by atoms with Gasteiger partial charge in [-0.2, -0.15) is 0 Å². The van der Waals surface area contributed by atoms with Crippen LogP contribution in [0.2, 0.25) is 0 Å². The lowest BCUT2D eigenvalue weighted by Gasteiger charge is -2.06. The molecule has 0 saturated carbocycles. The Labute approximate surface area is 94.7 Å². The average molecular weight is 223 g/mol. The molecule has 0 aliphatic rings. The number of aryl methyl sites for hydroxylation is 1. The summed E-state index contributed by atoms with van der Waals surface area (Å²) in [6.07, 6.45) is 0.413. The molecule has 6 nitrogen and oxygen atoms in total. The predicted molar refractivity (Wildman–Crippen MR) is 63.0 cm³/mol. The van der Waals surface area contributed by atoms with Crippen molar-refractivity contribution in [2.24, 2.45) is 0 Å². The zero-order valence-electron chi connectivity index (χ0n) is 9.58. The number of amides is 1. The number of carbonyl (C=O) groups excluding carboxylic acids is 1. The summed E-state index contributed by atoms with van der Waals surface area (Å²) in [6, 6.07) is 1.64. The first-order valence-electron chi connectivity index (χ1n) is 5.23. The molecule has 0 bridgehead atoms. The summed E-state index contributed by atoms with van der Waals surface area (Å²) in [5, 5.41) is 5.74. The normalized spacial score (nSPS) is 9.88. The summed E-state index contributed by atoms with van der Waals surface area (Å²) in [4.78, 5) is 19.3. The summed E-state index contributed by atoms with van der Waals surface area (Å²) in [6.45, 7) is 4.84. The van der Waals surface area contributed by atoms with E-state index in [-0.39, 0.29) is 5.91 Å². The second-order valence-electron chi connectivity index (χ2n) is 3.36. The standard InChI is InChI=1S/C10H17N5O/c1-3-12-10(16)4-5-13-9-6-8(11)14-7(2)15-9/h6H,3-5H2,1-2H3,(H,12,16)(H3,11,13,14,15). The van der Waals surface area contributed by atoms with Gasteiger partial charge in [-0.1, -0.05) is 0 Å². The zero-order valence-corrected chi connectivity index (χ0v) is 9.58. The molecule has 0 fully saturated rings. The van der Waals surface area contributed by atoms with Crippen LogP contribution in [-0.2, 0) is 4.79 Å². The lowest BCUT2D eigenvalue weighted by atomic mass is 10.4. The topological polar surface area (TPSA) is 92.9 Å². The third kappa shape index (κ3) is 4.12. The van der Waals surface area contributed by atoms with Gasteiger partial charge in [0.1, 0.15) is 17.5 Å². The van der Waals surface area contributed by atoms with E-state index in [9.17, 15) is 4.79 Å². The average Bonchev–Trinajstić information content (AvgIpc) is 2.16. The lowest BCUT2D eigenvalue weighted by Crippen LogP contribution is -2.24. The van der Waals surface area contributed by atoms with Crippen LogP contribution in [0.4, 0.5) is 11.6 Å². The number of anilines is 2. The van der Waals surface area contributed by atoms with E-state index in [0.717, 1.165) is 0 Å². The number of nitrogens with two attached hydrogens (primary N) is 1. The summed E-state index contributed by atoms with van der Waals surface area (Å²) in [7, 11) is 0. The van der Waals surface area contributed by atoms with E-state index >= 15 is 0 Å². The smallest absolute Gasteiger partial charge is 0.221 e. The van der Waals surface area contributed by atoms with Crippen LogP contribution in [0.1, 0.15) is 19.2 Å². The first-order valence-corrected chi connectivity index (χ1v) is 5.23. The van der Waals surface area contributed by atoms with Gasteiger partial charge in [0.05, 0.1) is 0 Å². The minimum Gasteiger partial charge on any atom is -0.384 e. The number of nitrogen functional groups attached to an aromatic ring is 1. The molecule has 4 N–H and O–H groups in total. The fourth-order valence-electron chi connectivity index (χ4n) is 1.27. The number of nitrogens with one attached hydrogen (secondary N) is 2. The molecule has 16 heavy (non-hydrogen) atoms. The summed E-state index contributed by atoms with van der Waals surface area (Å²) in [5.74, 6) is 1.71. The van der Waals surface area contributed by atoms with Gasteiger partial charge in [-0.25, -0.2) is 9.97 Å². The van der Waals surface area contributed by atoms with E-state index < -0.39 is 0 Å². The number of nitrogens with zero attached hydrogens (tertiary/aromatic N) is 2. The molecule has 1 aromatic rings. The second-order valence-corrected chi connectivity index (χ2v) is 3.36. The van der Waals surface area contributed by atoms with E-state index in [1.165, 1.54) is 0 Å². The maximum absolute atomic E-state index is 11.2. The maximum Gasteiger partial charge on any atom is 0.221 e. The first-order chi connectivity index (χ1) is 7.61. The molecule has 0 unspecified atom stereocenters. The van der Waals surface area contributed by atoms with Crippen LogP contribution in [0.5, 0.6) is 0 Å². The molecule has 1 aromatic heterocycles. The van der Waals surface area contributed by atoms with Crippen LogP contribution >= 0.6 is 0 Å². The molecule has 0 aliphatic carbocycles. The van der Waals surface area contributed by atoms with Crippen molar-refractivity contribution >= 4 is 17.5 Å². The number of hydrogen-bond donors (Lipinski definition) is 3. The van der Waals surface area contributed by atoms with Crippen molar-refractivity contribution in [3.05, 3.63) is 11.9 Å². The van der Waals surface area contributed by atoms with Crippen LogP contribution in [0.25, 0.3) is 0 Å². The zero-order chi connectivity index (χ0) is 12.0. The molecule has 88 valence electrons. The van der Waals surface area contributed by atoms with E-state index in [4.69, 9.17) is 5.73 Å². The molecule has 0 spiro atoms. The second kappa shape index (κ2) is 5.89. The van der Waals surface area contributed by atoms with Gasteiger partial charge in [-0.3, -0.25) is 4.79 Å². The Hall–Kier alpha value is -1.85. The maximum atomic E-state index is 11.2. The minimum absolute atomic E-state index is 0.0220. The summed E-state index contributed by atoms with van der Waals surface area (Å²) in [5.41, 5.74) is 5.57. The highest BCUT2D eigenvalue weighted by atomic mass is 16.1. The number of carbonyl (C=O) groups is 1. The summed E-state index contributed by atoms with van der Waals surface area (Å²) >= 11 is 0. The van der Waals surface area contributed by atoms with E-state index in [1.807, 2.05) is 6.92 Å². The molecule has 1 amide bonds. The SMILES string of the molecule is CCNC(=O)CCNc1cc(N)nc(C)n1. The van der Waals surface area contributed by atoms with Gasteiger partial charge in [-0.15, -0.1) is 0 Å². The van der Waals surface area contributed by atoms with Crippen molar-refractivity contribution in [3.63, 3.8) is 0 Å². The van der Waals surface area contributed by atoms with Gasteiger partial charge in [-0.05, 0) is 13.8 Å². The van der Waals surface area contributed by atoms with Crippen molar-refractivity contribution in [3.8, 4) is 0 Å². The van der Waals surface area contributed by atoms with Crippen molar-refractivity contribution < 1.29 is 4.79 Å². The monoisotopic (exact) mass is 223 g/mol. The van der Waals surface area contributed by atoms with Crippen LogP contribution in [-0.4, -0.2) is 29.0 Å². The fourth-order valence-corrected chi connectivity index (χ4v) is 1.27. The fraction of sp³-hybridized carbons (Fsp3) is 0.500. The van der Waals surface area contributed by atoms with E-state index in [1.54, 1.807) is 13.0 Å². The first kappa shape index (κ1) is 12.2. The molecule has 0 saturated heterocycles. The Morgan fingerprint density at radius 1 is 1.50 bits per heavy atom. The molecule has 1 rings (SSSR count). The highest BCUT2D eigenvalue weighted by Crippen LogP contribution is 2.07. The van der Waals surface area contributed by atoms with Gasteiger partial charge < -0.3 is 16.4 Å². The van der Waals surface area contributed by atoms with E-state index in [0.29, 0.717) is 37.0 Å². The predicted octanol–water partition coefficient (Wildman–Crippen LogP) is 0.305. The molecule has 0 aliphatic heterocycles. The largest absolute Gasteiger partial charge is 0.384 e. The molecular weight excluding hydrogens is 206 g/mol. The number of rotatable bonds is 5. The lowest BCUT2D eigenvalue weighted by molar-refractivity contribution is -0.120. The number of hydrogen-bond acceptors (Lipinski definition) is 5. The Balaban J connectivity index is 2.40. The Kier molecular flexibility index (Phi) is 4.50. The van der Waals surface area contributed by atoms with Crippen molar-refractivity contribution in [2.75, 3.05) is 24.1 Å². The van der Waals surface area contributed by atoms with Gasteiger partial charge in [0.15, 0.2) is 0 Å². The van der Waals surface area contributed by atoms with Crippen LogP contribution in [0.15, 0.2) is 6.07 Å². The highest BCUT2D eigenvalue weighted by Gasteiger charge is 2.01. The van der Waals surface area contributed by atoms with E-state index in [2.05, 4.69) is 20.6 Å². The van der Waals surface area contributed by atoms with Crippen molar-refractivity contribution in [1.29, 1.82) is 0 Å². The van der Waals surface area contributed by atoms with Crippen molar-refractivity contribution in [1.82, 2.24) is 15.3 Å². The molecule has 1 heterocycles. The van der Waals surface area contributed by atoms with Gasteiger partial charge >= 0.3 is 0 Å². The highest BCUT2D eigenvalue weighted by molar-refractivity contribution is 5.76. The van der Waals surface area contributed by atoms with Gasteiger partial charge in [0.25, 0.3) is 0 Å². The van der Waals surface area contributed by atoms with Crippen LogP contribution in [0, 0.1) is 6.92 Å². The molecular formula is C10H17N5O. The third-order valence-corrected chi connectivity index (χ3v) is 1.89. The van der Waals surface area contributed by atoms with Gasteiger partial charge in [0, 0.05) is 25.6 Å². The third-order valence-electron chi connectivity index (χ3n) is 1.89. The molecule has 0 atom stereocenters. The Morgan fingerprint density at radius 2 is 2.25 bits per heavy atom. The molecule has 0 aromatic carbocycles. The van der Waals surface area contributed by atoms with Crippen molar-refractivity contribution in [2.45, 2.75) is 20.3 Å². The Bertz CT molecular complexity index is 346. The van der Waals surface area contributed by atoms with Crippen LogP contribution in [0.3, 0.4) is 0 Å². The molecule has 6 heteroatoms. The summed E-state index contributed by atoms with van der Waals surface area (Å²) < 4.78 is 0. The Morgan fingerprint density at radius 3 is 2.88 bits per heavy atom. The van der Waals surface area contributed by atoms with Crippen LogP contribution < -0.4 is 16.4 Å². The quantitative estimate of drug-likeness (QED) is 0.668.